The smallest absolute Gasteiger partial charge is 0.0636 e. The maximum absolute atomic E-state index is 2.48. The maximum Gasteiger partial charge on any atom is 0.0636 e. The second kappa shape index (κ2) is 6.19. The molecule has 0 aliphatic heterocycles. The van der Waals surface area contributed by atoms with Gasteiger partial charge in [0.15, 0.2) is 0 Å². The quantitative estimate of drug-likeness (QED) is 0.254. The van der Waals surface area contributed by atoms with Crippen molar-refractivity contribution in [2.24, 2.45) is 0 Å². The van der Waals surface area contributed by atoms with Crippen LogP contribution >= 0.6 is 11.3 Å². The molecule has 0 aliphatic carbocycles. The van der Waals surface area contributed by atoms with Gasteiger partial charge < -0.3 is 4.57 Å². The molecule has 0 saturated heterocycles. The third-order valence-corrected chi connectivity index (χ3v) is 7.59. The molecule has 7 aromatic rings. The fourth-order valence-corrected chi connectivity index (χ4v) is 6.35. The van der Waals surface area contributed by atoms with E-state index in [0.717, 1.165) is 0 Å². The Labute approximate surface area is 183 Å². The van der Waals surface area contributed by atoms with Gasteiger partial charge in [0.05, 0.1) is 11.0 Å². The van der Waals surface area contributed by atoms with Gasteiger partial charge in [-0.3, -0.25) is 0 Å². The van der Waals surface area contributed by atoms with Crippen molar-refractivity contribution in [3.63, 3.8) is 0 Å². The van der Waals surface area contributed by atoms with Crippen LogP contribution in [0.1, 0.15) is 5.56 Å². The molecule has 0 amide bonds. The number of fused-ring (bicyclic) bond motifs is 8. The predicted octanol–water partition coefficient (Wildman–Crippen LogP) is 8.61. The van der Waals surface area contributed by atoms with E-state index in [2.05, 4.69) is 109 Å². The van der Waals surface area contributed by atoms with Gasteiger partial charge in [-0.2, -0.15) is 0 Å². The summed E-state index contributed by atoms with van der Waals surface area (Å²) in [5.41, 5.74) is 5.14. The van der Waals surface area contributed by atoms with Crippen LogP contribution in [0.4, 0.5) is 0 Å². The monoisotopic (exact) mass is 413 g/mol. The standard InChI is InChI=1S/C29H19NS/c1-18-16-26-28(23-11-5-7-13-25(23)31-26)29-27(18)22-10-4-6-12-24(22)30(29)21-15-14-19-8-2-3-9-20(19)17-21/h2-17H,1H3. The van der Waals surface area contributed by atoms with Gasteiger partial charge in [-0.1, -0.05) is 66.7 Å². The molecular formula is C29H19NS. The summed E-state index contributed by atoms with van der Waals surface area (Å²) in [6, 6.07) is 35.4. The Hall–Kier alpha value is -3.62. The molecule has 0 aliphatic rings. The normalized spacial score (nSPS) is 12.0. The first-order chi connectivity index (χ1) is 15.3. The Balaban J connectivity index is 1.76. The number of hydrogen-bond donors (Lipinski definition) is 0. The summed E-state index contributed by atoms with van der Waals surface area (Å²) in [5, 5.41) is 7.93. The molecule has 0 atom stereocenters. The lowest BCUT2D eigenvalue weighted by molar-refractivity contribution is 1.19. The van der Waals surface area contributed by atoms with E-state index in [1.165, 1.54) is 64.0 Å². The van der Waals surface area contributed by atoms with E-state index in [9.17, 15) is 0 Å². The minimum atomic E-state index is 1.21. The molecule has 0 unspecified atom stereocenters. The maximum atomic E-state index is 2.48. The Kier molecular flexibility index (Phi) is 3.42. The van der Waals surface area contributed by atoms with Crippen molar-refractivity contribution in [3.8, 4) is 5.69 Å². The van der Waals surface area contributed by atoms with Crippen LogP contribution in [-0.4, -0.2) is 4.57 Å². The number of thiophene rings is 1. The summed E-state index contributed by atoms with van der Waals surface area (Å²) < 4.78 is 5.18. The van der Waals surface area contributed by atoms with Crippen LogP contribution in [0, 0.1) is 6.92 Å². The predicted molar refractivity (Wildman–Crippen MR) is 136 cm³/mol. The molecule has 5 aromatic carbocycles. The van der Waals surface area contributed by atoms with Crippen molar-refractivity contribution in [1.82, 2.24) is 4.57 Å². The fourth-order valence-electron chi connectivity index (χ4n) is 5.14. The molecule has 146 valence electrons. The molecule has 1 nitrogen and oxygen atoms in total. The highest BCUT2D eigenvalue weighted by Crippen LogP contribution is 2.44. The Morgan fingerprint density at radius 2 is 1.35 bits per heavy atom. The second-order valence-electron chi connectivity index (χ2n) is 8.27. The van der Waals surface area contributed by atoms with E-state index in [1.54, 1.807) is 0 Å². The molecule has 0 radical (unpaired) electrons. The van der Waals surface area contributed by atoms with Crippen molar-refractivity contribution in [2.75, 3.05) is 0 Å². The summed E-state index contributed by atoms with van der Waals surface area (Å²) >= 11 is 1.89. The SMILES string of the molecule is Cc1cc2sc3ccccc3c2c2c1c1ccccc1n2-c1ccc2ccccc2c1. The number of hydrogen-bond acceptors (Lipinski definition) is 1. The Morgan fingerprint density at radius 3 is 2.26 bits per heavy atom. The van der Waals surface area contributed by atoms with Gasteiger partial charge in [-0.15, -0.1) is 11.3 Å². The molecule has 0 bridgehead atoms. The molecule has 0 spiro atoms. The van der Waals surface area contributed by atoms with E-state index < -0.39 is 0 Å². The zero-order chi connectivity index (χ0) is 20.5. The summed E-state index contributed by atoms with van der Waals surface area (Å²) in [7, 11) is 0. The lowest BCUT2D eigenvalue weighted by atomic mass is 10.0. The topological polar surface area (TPSA) is 4.93 Å². The highest BCUT2D eigenvalue weighted by Gasteiger charge is 2.19. The van der Waals surface area contributed by atoms with Crippen molar-refractivity contribution < 1.29 is 0 Å². The zero-order valence-electron chi connectivity index (χ0n) is 17.1. The van der Waals surface area contributed by atoms with E-state index in [-0.39, 0.29) is 0 Å². The molecule has 2 aromatic heterocycles. The van der Waals surface area contributed by atoms with Crippen molar-refractivity contribution in [3.05, 3.63) is 103 Å². The van der Waals surface area contributed by atoms with Crippen LogP contribution in [0.25, 0.3) is 58.4 Å². The van der Waals surface area contributed by atoms with Gasteiger partial charge in [0.25, 0.3) is 0 Å². The third kappa shape index (κ3) is 2.31. The molecular weight excluding hydrogens is 394 g/mol. The van der Waals surface area contributed by atoms with Crippen LogP contribution in [0.5, 0.6) is 0 Å². The van der Waals surface area contributed by atoms with Crippen LogP contribution in [0.2, 0.25) is 0 Å². The lowest BCUT2D eigenvalue weighted by Crippen LogP contribution is -1.94. The number of rotatable bonds is 1. The number of aryl methyl sites for hydroxylation is 1. The number of para-hydroxylation sites is 1. The first kappa shape index (κ1) is 17.1. The van der Waals surface area contributed by atoms with Crippen molar-refractivity contribution in [1.29, 1.82) is 0 Å². The summed E-state index contributed by atoms with van der Waals surface area (Å²) in [6.45, 7) is 2.25. The molecule has 2 heteroatoms. The van der Waals surface area contributed by atoms with Gasteiger partial charge in [-0.05, 0) is 53.6 Å². The molecule has 7 rings (SSSR count). The summed E-state index contributed by atoms with van der Waals surface area (Å²) in [6.07, 6.45) is 0. The summed E-state index contributed by atoms with van der Waals surface area (Å²) in [5.74, 6) is 0. The minimum absolute atomic E-state index is 1.21. The van der Waals surface area contributed by atoms with Crippen LogP contribution in [0.15, 0.2) is 97.1 Å². The Bertz CT molecular complexity index is 1800. The fraction of sp³-hybridized carbons (Fsp3) is 0.0345. The van der Waals surface area contributed by atoms with Crippen LogP contribution in [-0.2, 0) is 0 Å². The lowest BCUT2D eigenvalue weighted by Gasteiger charge is -2.11. The van der Waals surface area contributed by atoms with Crippen LogP contribution in [0.3, 0.4) is 0 Å². The molecule has 2 heterocycles. The van der Waals surface area contributed by atoms with Crippen LogP contribution < -0.4 is 0 Å². The molecule has 0 N–H and O–H groups in total. The highest BCUT2D eigenvalue weighted by atomic mass is 32.1. The number of nitrogens with zero attached hydrogens (tertiary/aromatic N) is 1. The third-order valence-electron chi connectivity index (χ3n) is 6.47. The minimum Gasteiger partial charge on any atom is -0.309 e. The van der Waals surface area contributed by atoms with E-state index >= 15 is 0 Å². The molecule has 31 heavy (non-hydrogen) atoms. The largest absolute Gasteiger partial charge is 0.309 e. The van der Waals surface area contributed by atoms with Gasteiger partial charge in [0.2, 0.25) is 0 Å². The van der Waals surface area contributed by atoms with Gasteiger partial charge in [0, 0.05) is 36.6 Å². The zero-order valence-corrected chi connectivity index (χ0v) is 17.9. The molecule has 0 saturated carbocycles. The van der Waals surface area contributed by atoms with E-state index in [0.29, 0.717) is 0 Å². The molecule has 0 fully saturated rings. The Morgan fingerprint density at radius 1 is 0.613 bits per heavy atom. The number of benzene rings is 5. The van der Waals surface area contributed by atoms with Gasteiger partial charge in [0.1, 0.15) is 0 Å². The van der Waals surface area contributed by atoms with Crippen molar-refractivity contribution >= 4 is 64.1 Å². The second-order valence-corrected chi connectivity index (χ2v) is 9.36. The van der Waals surface area contributed by atoms with Gasteiger partial charge in [-0.25, -0.2) is 0 Å². The summed E-state index contributed by atoms with van der Waals surface area (Å²) in [4.78, 5) is 0. The first-order valence-corrected chi connectivity index (χ1v) is 11.4. The van der Waals surface area contributed by atoms with E-state index in [1.807, 2.05) is 11.3 Å². The number of aromatic nitrogens is 1. The first-order valence-electron chi connectivity index (χ1n) is 10.6. The van der Waals surface area contributed by atoms with Gasteiger partial charge >= 0.3 is 0 Å². The average Bonchev–Trinajstić information content (AvgIpc) is 3.34. The highest BCUT2D eigenvalue weighted by molar-refractivity contribution is 7.26. The van der Waals surface area contributed by atoms with E-state index in [4.69, 9.17) is 0 Å². The average molecular weight is 414 g/mol. The van der Waals surface area contributed by atoms with Crippen molar-refractivity contribution in [2.45, 2.75) is 6.92 Å².